The Morgan fingerprint density at radius 1 is 1.28 bits per heavy atom. The summed E-state index contributed by atoms with van der Waals surface area (Å²) in [6.07, 6.45) is 3.74. The van der Waals surface area contributed by atoms with Crippen LogP contribution in [-0.2, 0) is 0 Å². The number of benzene rings is 1. The van der Waals surface area contributed by atoms with Crippen LogP contribution in [0.15, 0.2) is 18.2 Å². The number of halogens is 1. The van der Waals surface area contributed by atoms with E-state index in [0.29, 0.717) is 11.8 Å². The molecule has 1 aromatic rings. The number of likely N-dealkylation sites (tertiary alicyclic amines) is 1. The van der Waals surface area contributed by atoms with Crippen molar-refractivity contribution in [3.05, 3.63) is 35.1 Å². The molecule has 1 heterocycles. The summed E-state index contributed by atoms with van der Waals surface area (Å²) in [4.78, 5) is 14.2. The Bertz CT molecular complexity index is 473. The molecule has 1 saturated carbocycles. The number of hydrogen-bond acceptors (Lipinski definition) is 1. The van der Waals surface area contributed by atoms with Gasteiger partial charge in [-0.1, -0.05) is 18.1 Å². The Hall–Kier alpha value is -1.38. The number of rotatable bonds is 1. The van der Waals surface area contributed by atoms with Crippen molar-refractivity contribution >= 4 is 5.91 Å². The molecular formula is C15H18FNO. The largest absolute Gasteiger partial charge is 0.338 e. The minimum atomic E-state index is -0.400. The second-order valence-electron chi connectivity index (χ2n) is 5.64. The number of aryl methyl sites for hydroxylation is 1. The monoisotopic (exact) mass is 247 g/mol. The van der Waals surface area contributed by atoms with Crippen LogP contribution < -0.4 is 0 Å². The minimum absolute atomic E-state index is 0.134. The Labute approximate surface area is 107 Å². The molecule has 18 heavy (non-hydrogen) atoms. The highest BCUT2D eigenvalue weighted by molar-refractivity contribution is 5.94. The summed E-state index contributed by atoms with van der Waals surface area (Å²) >= 11 is 0. The summed E-state index contributed by atoms with van der Waals surface area (Å²) in [7, 11) is 0. The fourth-order valence-electron chi connectivity index (χ4n) is 3.37. The van der Waals surface area contributed by atoms with Gasteiger partial charge in [0.25, 0.3) is 5.91 Å². The lowest BCUT2D eigenvalue weighted by Crippen LogP contribution is -2.30. The van der Waals surface area contributed by atoms with Gasteiger partial charge in [0, 0.05) is 13.1 Å². The van der Waals surface area contributed by atoms with Gasteiger partial charge in [-0.3, -0.25) is 4.79 Å². The van der Waals surface area contributed by atoms with Crippen LogP contribution in [0.5, 0.6) is 0 Å². The molecule has 2 fully saturated rings. The molecular weight excluding hydrogens is 229 g/mol. The molecule has 2 atom stereocenters. The van der Waals surface area contributed by atoms with Gasteiger partial charge in [0.1, 0.15) is 5.82 Å². The van der Waals surface area contributed by atoms with Gasteiger partial charge < -0.3 is 4.90 Å². The fraction of sp³-hybridized carbons (Fsp3) is 0.533. The standard InChI is InChI=1S/C15H18FNO/c1-10-5-6-14(16)13(7-10)15(18)17-8-11-3-2-4-12(11)9-17/h5-7,11-12H,2-4,8-9H2,1H3. The summed E-state index contributed by atoms with van der Waals surface area (Å²) in [5.41, 5.74) is 1.16. The average molecular weight is 247 g/mol. The van der Waals surface area contributed by atoms with Crippen LogP contribution in [0.25, 0.3) is 0 Å². The van der Waals surface area contributed by atoms with E-state index in [1.807, 2.05) is 11.8 Å². The zero-order valence-electron chi connectivity index (χ0n) is 10.7. The quantitative estimate of drug-likeness (QED) is 0.747. The number of amides is 1. The molecule has 1 saturated heterocycles. The zero-order valence-corrected chi connectivity index (χ0v) is 10.7. The Kier molecular flexibility index (Phi) is 2.84. The lowest BCUT2D eigenvalue weighted by Gasteiger charge is -2.18. The highest BCUT2D eigenvalue weighted by Gasteiger charge is 2.38. The predicted octanol–water partition coefficient (Wildman–Crippen LogP) is 3.01. The molecule has 0 radical (unpaired) electrons. The smallest absolute Gasteiger partial charge is 0.256 e. The van der Waals surface area contributed by atoms with Crippen molar-refractivity contribution in [3.63, 3.8) is 0 Å². The SMILES string of the molecule is Cc1ccc(F)c(C(=O)N2CC3CCCC3C2)c1. The number of nitrogens with zero attached hydrogens (tertiary/aromatic N) is 1. The van der Waals surface area contributed by atoms with E-state index in [0.717, 1.165) is 18.7 Å². The summed E-state index contributed by atoms with van der Waals surface area (Å²) in [6, 6.07) is 4.75. The molecule has 96 valence electrons. The first kappa shape index (κ1) is 11.7. The van der Waals surface area contributed by atoms with Crippen molar-refractivity contribution in [2.24, 2.45) is 11.8 Å². The van der Waals surface area contributed by atoms with E-state index in [2.05, 4.69) is 0 Å². The molecule has 1 aliphatic heterocycles. The zero-order chi connectivity index (χ0) is 12.7. The molecule has 0 N–H and O–H groups in total. The molecule has 3 heteroatoms. The van der Waals surface area contributed by atoms with Gasteiger partial charge in [0.05, 0.1) is 5.56 Å². The van der Waals surface area contributed by atoms with Crippen molar-refractivity contribution in [1.82, 2.24) is 4.90 Å². The highest BCUT2D eigenvalue weighted by Crippen LogP contribution is 2.38. The highest BCUT2D eigenvalue weighted by atomic mass is 19.1. The van der Waals surface area contributed by atoms with Crippen LogP contribution in [0.4, 0.5) is 4.39 Å². The van der Waals surface area contributed by atoms with E-state index in [1.54, 1.807) is 12.1 Å². The Morgan fingerprint density at radius 2 is 1.94 bits per heavy atom. The van der Waals surface area contributed by atoms with Crippen LogP contribution in [-0.4, -0.2) is 23.9 Å². The predicted molar refractivity (Wildman–Crippen MR) is 67.9 cm³/mol. The molecule has 1 aliphatic carbocycles. The molecule has 0 bridgehead atoms. The minimum Gasteiger partial charge on any atom is -0.338 e. The maximum atomic E-state index is 13.7. The van der Waals surface area contributed by atoms with Gasteiger partial charge in [0.2, 0.25) is 0 Å². The van der Waals surface area contributed by atoms with Gasteiger partial charge >= 0.3 is 0 Å². The lowest BCUT2D eigenvalue weighted by molar-refractivity contribution is 0.0776. The molecule has 1 aromatic carbocycles. The van der Waals surface area contributed by atoms with Gasteiger partial charge in [0.15, 0.2) is 0 Å². The van der Waals surface area contributed by atoms with Gasteiger partial charge in [-0.25, -0.2) is 4.39 Å². The van der Waals surface area contributed by atoms with E-state index in [-0.39, 0.29) is 11.5 Å². The maximum absolute atomic E-state index is 13.7. The summed E-state index contributed by atoms with van der Waals surface area (Å²) in [5, 5.41) is 0. The molecule has 0 spiro atoms. The Balaban J connectivity index is 1.81. The molecule has 2 nitrogen and oxygen atoms in total. The van der Waals surface area contributed by atoms with Gasteiger partial charge in [-0.15, -0.1) is 0 Å². The number of hydrogen-bond donors (Lipinski definition) is 0. The summed E-state index contributed by atoms with van der Waals surface area (Å²) in [6.45, 7) is 3.52. The lowest BCUT2D eigenvalue weighted by atomic mass is 10.0. The van der Waals surface area contributed by atoms with E-state index < -0.39 is 5.82 Å². The number of carbonyl (C=O) groups excluding carboxylic acids is 1. The van der Waals surface area contributed by atoms with E-state index >= 15 is 0 Å². The second kappa shape index (κ2) is 4.38. The molecule has 0 aromatic heterocycles. The topological polar surface area (TPSA) is 20.3 Å². The second-order valence-corrected chi connectivity index (χ2v) is 5.64. The molecule has 2 aliphatic rings. The average Bonchev–Trinajstić information content (AvgIpc) is 2.91. The van der Waals surface area contributed by atoms with Crippen LogP contribution in [0.3, 0.4) is 0 Å². The van der Waals surface area contributed by atoms with E-state index in [9.17, 15) is 9.18 Å². The van der Waals surface area contributed by atoms with Crippen molar-refractivity contribution in [3.8, 4) is 0 Å². The first-order chi connectivity index (χ1) is 8.65. The third-order valence-corrected chi connectivity index (χ3v) is 4.37. The first-order valence-electron chi connectivity index (χ1n) is 6.70. The third kappa shape index (κ3) is 1.92. The van der Waals surface area contributed by atoms with Crippen LogP contribution in [0.2, 0.25) is 0 Å². The van der Waals surface area contributed by atoms with Crippen molar-refractivity contribution in [2.45, 2.75) is 26.2 Å². The molecule has 1 amide bonds. The maximum Gasteiger partial charge on any atom is 0.256 e. The number of fused-ring (bicyclic) bond motifs is 1. The van der Waals surface area contributed by atoms with E-state index in [1.165, 1.54) is 25.3 Å². The van der Waals surface area contributed by atoms with Gasteiger partial charge in [-0.05, 0) is 43.7 Å². The number of carbonyl (C=O) groups is 1. The molecule has 2 unspecified atom stereocenters. The Morgan fingerprint density at radius 3 is 2.61 bits per heavy atom. The summed E-state index contributed by atoms with van der Waals surface area (Å²) in [5.74, 6) is 0.775. The normalized spacial score (nSPS) is 26.4. The third-order valence-electron chi connectivity index (χ3n) is 4.37. The van der Waals surface area contributed by atoms with Gasteiger partial charge in [-0.2, -0.15) is 0 Å². The van der Waals surface area contributed by atoms with E-state index in [4.69, 9.17) is 0 Å². The fourth-order valence-corrected chi connectivity index (χ4v) is 3.37. The van der Waals surface area contributed by atoms with Crippen molar-refractivity contribution in [2.75, 3.05) is 13.1 Å². The van der Waals surface area contributed by atoms with Crippen LogP contribution >= 0.6 is 0 Å². The van der Waals surface area contributed by atoms with Crippen molar-refractivity contribution in [1.29, 1.82) is 0 Å². The van der Waals surface area contributed by atoms with Crippen LogP contribution in [0, 0.1) is 24.6 Å². The first-order valence-corrected chi connectivity index (χ1v) is 6.70. The molecule has 3 rings (SSSR count). The van der Waals surface area contributed by atoms with Crippen LogP contribution in [0.1, 0.15) is 35.2 Å². The summed E-state index contributed by atoms with van der Waals surface area (Å²) < 4.78 is 13.7. The van der Waals surface area contributed by atoms with Crippen molar-refractivity contribution < 1.29 is 9.18 Å².